The van der Waals surface area contributed by atoms with E-state index in [1.165, 1.54) is 71.0 Å². The van der Waals surface area contributed by atoms with Gasteiger partial charge in [-0.15, -0.1) is 0 Å². The Morgan fingerprint density at radius 1 is 0.944 bits per heavy atom. The van der Waals surface area contributed by atoms with E-state index < -0.39 is 0 Å². The lowest BCUT2D eigenvalue weighted by molar-refractivity contribution is 0.203. The van der Waals surface area contributed by atoms with Crippen molar-refractivity contribution in [3.63, 3.8) is 0 Å². The Balaban J connectivity index is 1.57. The van der Waals surface area contributed by atoms with Gasteiger partial charge >= 0.3 is 0 Å². The Labute approximate surface area is 114 Å². The molecular formula is C16H32N2. The highest BCUT2D eigenvalue weighted by atomic mass is 15.1. The monoisotopic (exact) mass is 252 g/mol. The van der Waals surface area contributed by atoms with Crippen LogP contribution < -0.4 is 5.32 Å². The van der Waals surface area contributed by atoms with E-state index in [4.69, 9.17) is 0 Å². The molecule has 0 aromatic rings. The number of hydrogen-bond donors (Lipinski definition) is 1. The summed E-state index contributed by atoms with van der Waals surface area (Å²) < 4.78 is 0. The van der Waals surface area contributed by atoms with Gasteiger partial charge in [-0.05, 0) is 77.0 Å². The fourth-order valence-corrected chi connectivity index (χ4v) is 3.66. The number of likely N-dealkylation sites (tertiary alicyclic amines) is 1. The number of piperidine rings is 1. The fourth-order valence-electron chi connectivity index (χ4n) is 3.66. The molecular weight excluding hydrogens is 220 g/mol. The van der Waals surface area contributed by atoms with E-state index in [0.29, 0.717) is 0 Å². The maximum Gasteiger partial charge on any atom is 0.00673 e. The molecule has 0 aromatic heterocycles. The lowest BCUT2D eigenvalue weighted by Crippen LogP contribution is -2.40. The lowest BCUT2D eigenvalue weighted by atomic mass is 9.83. The van der Waals surface area contributed by atoms with Crippen molar-refractivity contribution in [3.8, 4) is 0 Å². The second-order valence-corrected chi connectivity index (χ2v) is 6.66. The quantitative estimate of drug-likeness (QED) is 0.808. The summed E-state index contributed by atoms with van der Waals surface area (Å²) in [5, 5.41) is 3.85. The van der Waals surface area contributed by atoms with E-state index >= 15 is 0 Å². The number of rotatable bonds is 5. The summed E-state index contributed by atoms with van der Waals surface area (Å²) in [6.45, 7) is 6.20. The van der Waals surface area contributed by atoms with Gasteiger partial charge in [0.1, 0.15) is 0 Å². The van der Waals surface area contributed by atoms with Crippen LogP contribution >= 0.6 is 0 Å². The van der Waals surface area contributed by atoms with Crippen LogP contribution in [-0.4, -0.2) is 37.6 Å². The molecule has 2 fully saturated rings. The van der Waals surface area contributed by atoms with Crippen molar-refractivity contribution in [2.24, 2.45) is 11.8 Å². The third-order valence-electron chi connectivity index (χ3n) is 5.08. The van der Waals surface area contributed by atoms with Crippen LogP contribution in [0.1, 0.15) is 58.3 Å². The standard InChI is InChI=1S/C16H32N2/c1-3-4-14-5-7-16(8-6-14)17-13-15-9-11-18(2)12-10-15/h14-17H,3-13H2,1-2H3. The van der Waals surface area contributed by atoms with Crippen LogP contribution in [0.25, 0.3) is 0 Å². The van der Waals surface area contributed by atoms with Crippen LogP contribution in [0.15, 0.2) is 0 Å². The summed E-state index contributed by atoms with van der Waals surface area (Å²) >= 11 is 0. The molecule has 0 aromatic carbocycles. The number of nitrogens with one attached hydrogen (secondary N) is 1. The molecule has 106 valence electrons. The average molecular weight is 252 g/mol. The molecule has 0 radical (unpaired) electrons. The van der Waals surface area contributed by atoms with Crippen LogP contribution in [0, 0.1) is 11.8 Å². The average Bonchev–Trinajstić information content (AvgIpc) is 2.40. The molecule has 1 N–H and O–H groups in total. The fraction of sp³-hybridized carbons (Fsp3) is 1.00. The second kappa shape index (κ2) is 7.49. The second-order valence-electron chi connectivity index (χ2n) is 6.66. The van der Waals surface area contributed by atoms with Crippen LogP contribution in [-0.2, 0) is 0 Å². The number of nitrogens with zero attached hydrogens (tertiary/aromatic N) is 1. The van der Waals surface area contributed by atoms with Gasteiger partial charge in [-0.2, -0.15) is 0 Å². The SMILES string of the molecule is CCCC1CCC(NCC2CCN(C)CC2)CC1. The van der Waals surface area contributed by atoms with E-state index in [2.05, 4.69) is 24.2 Å². The predicted octanol–water partition coefficient (Wildman–Crippen LogP) is 3.28. The van der Waals surface area contributed by atoms with Crippen LogP contribution in [0.3, 0.4) is 0 Å². The molecule has 2 heteroatoms. The molecule has 0 bridgehead atoms. The van der Waals surface area contributed by atoms with Crippen molar-refractivity contribution in [1.82, 2.24) is 10.2 Å². The Morgan fingerprint density at radius 2 is 1.61 bits per heavy atom. The Morgan fingerprint density at radius 3 is 2.22 bits per heavy atom. The number of hydrogen-bond acceptors (Lipinski definition) is 2. The predicted molar refractivity (Wildman–Crippen MR) is 78.9 cm³/mol. The zero-order valence-corrected chi connectivity index (χ0v) is 12.5. The molecule has 0 spiro atoms. The maximum atomic E-state index is 3.85. The normalized spacial score (nSPS) is 31.7. The minimum absolute atomic E-state index is 0.831. The Bertz CT molecular complexity index is 213. The van der Waals surface area contributed by atoms with E-state index in [-0.39, 0.29) is 0 Å². The highest BCUT2D eigenvalue weighted by Crippen LogP contribution is 2.28. The minimum atomic E-state index is 0.831. The maximum absolute atomic E-state index is 3.85. The molecule has 18 heavy (non-hydrogen) atoms. The third-order valence-corrected chi connectivity index (χ3v) is 5.08. The molecule has 1 aliphatic heterocycles. The minimum Gasteiger partial charge on any atom is -0.314 e. The Kier molecular flexibility index (Phi) is 5.97. The van der Waals surface area contributed by atoms with Gasteiger partial charge in [0.15, 0.2) is 0 Å². The summed E-state index contributed by atoms with van der Waals surface area (Å²) in [6, 6.07) is 0.831. The highest BCUT2D eigenvalue weighted by Gasteiger charge is 2.22. The summed E-state index contributed by atoms with van der Waals surface area (Å²) in [7, 11) is 2.25. The van der Waals surface area contributed by atoms with Crippen molar-refractivity contribution < 1.29 is 0 Å². The summed E-state index contributed by atoms with van der Waals surface area (Å²) in [6.07, 6.45) is 11.4. The molecule has 0 amide bonds. The van der Waals surface area contributed by atoms with Gasteiger partial charge in [-0.1, -0.05) is 19.8 Å². The first-order valence-electron chi connectivity index (χ1n) is 8.19. The van der Waals surface area contributed by atoms with Gasteiger partial charge in [0.2, 0.25) is 0 Å². The molecule has 2 nitrogen and oxygen atoms in total. The first-order chi connectivity index (χ1) is 8.78. The molecule has 1 aliphatic carbocycles. The highest BCUT2D eigenvalue weighted by molar-refractivity contribution is 4.79. The summed E-state index contributed by atoms with van der Waals surface area (Å²) in [5.74, 6) is 1.98. The molecule has 0 atom stereocenters. The van der Waals surface area contributed by atoms with Gasteiger partial charge in [-0.25, -0.2) is 0 Å². The van der Waals surface area contributed by atoms with Gasteiger partial charge in [0, 0.05) is 6.04 Å². The van der Waals surface area contributed by atoms with Crippen LogP contribution in [0.5, 0.6) is 0 Å². The van der Waals surface area contributed by atoms with E-state index in [0.717, 1.165) is 17.9 Å². The first-order valence-corrected chi connectivity index (χ1v) is 8.19. The van der Waals surface area contributed by atoms with Crippen molar-refractivity contribution >= 4 is 0 Å². The molecule has 2 aliphatic rings. The van der Waals surface area contributed by atoms with Crippen LogP contribution in [0.2, 0.25) is 0 Å². The van der Waals surface area contributed by atoms with Crippen molar-refractivity contribution in [1.29, 1.82) is 0 Å². The molecule has 2 rings (SSSR count). The van der Waals surface area contributed by atoms with Crippen molar-refractivity contribution in [3.05, 3.63) is 0 Å². The zero-order chi connectivity index (χ0) is 12.8. The van der Waals surface area contributed by atoms with Crippen LogP contribution in [0.4, 0.5) is 0 Å². The molecule has 1 saturated carbocycles. The first kappa shape index (κ1) is 14.3. The van der Waals surface area contributed by atoms with Crippen molar-refractivity contribution in [2.75, 3.05) is 26.7 Å². The van der Waals surface area contributed by atoms with E-state index in [1.807, 2.05) is 0 Å². The topological polar surface area (TPSA) is 15.3 Å². The lowest BCUT2D eigenvalue weighted by Gasteiger charge is -2.33. The third kappa shape index (κ3) is 4.55. The van der Waals surface area contributed by atoms with Gasteiger partial charge < -0.3 is 10.2 Å². The molecule has 1 saturated heterocycles. The molecule has 0 unspecified atom stereocenters. The van der Waals surface area contributed by atoms with E-state index in [9.17, 15) is 0 Å². The van der Waals surface area contributed by atoms with Gasteiger partial charge in [0.25, 0.3) is 0 Å². The summed E-state index contributed by atoms with van der Waals surface area (Å²) in [4.78, 5) is 2.46. The summed E-state index contributed by atoms with van der Waals surface area (Å²) in [5.41, 5.74) is 0. The largest absolute Gasteiger partial charge is 0.314 e. The smallest absolute Gasteiger partial charge is 0.00673 e. The zero-order valence-electron chi connectivity index (χ0n) is 12.5. The van der Waals surface area contributed by atoms with Crippen molar-refractivity contribution in [2.45, 2.75) is 64.3 Å². The molecule has 1 heterocycles. The van der Waals surface area contributed by atoms with Gasteiger partial charge in [0.05, 0.1) is 0 Å². The van der Waals surface area contributed by atoms with E-state index in [1.54, 1.807) is 0 Å². The van der Waals surface area contributed by atoms with Gasteiger partial charge in [-0.3, -0.25) is 0 Å². The Hall–Kier alpha value is -0.0800.